The second kappa shape index (κ2) is 5.94. The minimum absolute atomic E-state index is 0.146. The fourth-order valence-electron chi connectivity index (χ4n) is 1.75. The summed E-state index contributed by atoms with van der Waals surface area (Å²) >= 11 is 0. The maximum atomic E-state index is 11.5. The summed E-state index contributed by atoms with van der Waals surface area (Å²) in [5.74, 6) is -0.000550. The van der Waals surface area contributed by atoms with Crippen LogP contribution in [-0.2, 0) is 9.84 Å². The molecule has 2 rings (SSSR count). The molecule has 0 aliphatic rings. The minimum atomic E-state index is -3.58. The third kappa shape index (κ3) is 3.29. The lowest BCUT2D eigenvalue weighted by Gasteiger charge is -2.09. The maximum absolute atomic E-state index is 11.5. The molecule has 0 aromatic heterocycles. The van der Waals surface area contributed by atoms with Crippen molar-refractivity contribution in [2.24, 2.45) is 0 Å². The highest BCUT2D eigenvalue weighted by molar-refractivity contribution is 7.90. The second-order valence-corrected chi connectivity index (χ2v) is 6.43. The first-order valence-electron chi connectivity index (χ1n) is 6.03. The van der Waals surface area contributed by atoms with Crippen LogP contribution in [-0.4, -0.2) is 25.9 Å². The van der Waals surface area contributed by atoms with Crippen LogP contribution in [0.1, 0.15) is 10.4 Å². The van der Waals surface area contributed by atoms with Gasteiger partial charge in [-0.15, -0.1) is 0 Å². The first kappa shape index (κ1) is 15.6. The Balaban J connectivity index is 2.52. The minimum Gasteiger partial charge on any atom is -0.449 e. The van der Waals surface area contributed by atoms with Crippen LogP contribution in [0.5, 0.6) is 11.5 Å². The van der Waals surface area contributed by atoms with Crippen molar-refractivity contribution >= 4 is 21.8 Å². The molecule has 2 aromatic rings. The van der Waals surface area contributed by atoms with E-state index in [1.165, 1.54) is 24.3 Å². The third-order valence-corrected chi connectivity index (χ3v) is 3.93. The van der Waals surface area contributed by atoms with E-state index in [0.29, 0.717) is 6.29 Å². The number of ether oxygens (including phenoxy) is 1. The van der Waals surface area contributed by atoms with Crippen LogP contribution in [0.25, 0.3) is 0 Å². The van der Waals surface area contributed by atoms with Crippen LogP contribution in [0.3, 0.4) is 0 Å². The zero-order valence-electron chi connectivity index (χ0n) is 11.4. The van der Waals surface area contributed by atoms with Gasteiger partial charge in [0.05, 0.1) is 15.4 Å². The normalized spacial score (nSPS) is 11.0. The topological polar surface area (TPSA) is 104 Å². The van der Waals surface area contributed by atoms with E-state index in [1.807, 2.05) is 0 Å². The molecule has 22 heavy (non-hydrogen) atoms. The fraction of sp³-hybridized carbons (Fsp3) is 0.0714. The van der Waals surface area contributed by atoms with Crippen LogP contribution in [0.4, 0.5) is 5.69 Å². The summed E-state index contributed by atoms with van der Waals surface area (Å²) < 4.78 is 28.3. The molecule has 114 valence electrons. The number of sulfone groups is 1. The van der Waals surface area contributed by atoms with Gasteiger partial charge in [-0.1, -0.05) is 12.1 Å². The molecular weight excluding hydrogens is 310 g/mol. The monoisotopic (exact) mass is 321 g/mol. The number of aldehydes is 1. The quantitative estimate of drug-likeness (QED) is 0.476. The molecule has 8 heteroatoms. The first-order chi connectivity index (χ1) is 10.3. The van der Waals surface area contributed by atoms with E-state index in [1.54, 1.807) is 12.1 Å². The first-order valence-corrected chi connectivity index (χ1v) is 7.92. The second-order valence-electron chi connectivity index (χ2n) is 4.42. The molecule has 0 aliphatic heterocycles. The Labute approximate surface area is 126 Å². The van der Waals surface area contributed by atoms with Crippen molar-refractivity contribution in [1.82, 2.24) is 0 Å². The molecule has 0 atom stereocenters. The Hall–Kier alpha value is -2.74. The fourth-order valence-corrected chi connectivity index (χ4v) is 2.39. The van der Waals surface area contributed by atoms with Crippen molar-refractivity contribution in [3.63, 3.8) is 0 Å². The summed E-state index contributed by atoms with van der Waals surface area (Å²) in [6.45, 7) is 0. The van der Waals surface area contributed by atoms with Gasteiger partial charge in [0.15, 0.2) is 16.1 Å². The largest absolute Gasteiger partial charge is 0.449 e. The molecule has 0 amide bonds. The number of nitrogens with zero attached hydrogens (tertiary/aromatic N) is 1. The number of hydrogen-bond acceptors (Lipinski definition) is 6. The van der Waals surface area contributed by atoms with E-state index in [0.717, 1.165) is 12.3 Å². The van der Waals surface area contributed by atoms with E-state index in [4.69, 9.17) is 4.74 Å². The van der Waals surface area contributed by atoms with E-state index in [-0.39, 0.29) is 22.0 Å². The summed E-state index contributed by atoms with van der Waals surface area (Å²) in [7, 11) is -3.58. The van der Waals surface area contributed by atoms with Gasteiger partial charge in [0.25, 0.3) is 0 Å². The molecule has 0 fully saturated rings. The van der Waals surface area contributed by atoms with Crippen molar-refractivity contribution in [1.29, 1.82) is 0 Å². The third-order valence-electron chi connectivity index (χ3n) is 2.82. The summed E-state index contributed by atoms with van der Waals surface area (Å²) in [5.41, 5.74) is -0.271. The summed E-state index contributed by atoms with van der Waals surface area (Å²) in [6.07, 6.45) is 1.51. The molecule has 2 aromatic carbocycles. The molecule has 0 spiro atoms. The average molecular weight is 321 g/mol. The predicted octanol–water partition coefficient (Wildman–Crippen LogP) is 2.60. The van der Waals surface area contributed by atoms with E-state index >= 15 is 0 Å². The molecule has 0 heterocycles. The molecule has 0 unspecified atom stereocenters. The zero-order valence-corrected chi connectivity index (χ0v) is 12.2. The summed E-state index contributed by atoms with van der Waals surface area (Å²) in [6, 6.07) is 9.54. The molecular formula is C14H11NO6S. The van der Waals surface area contributed by atoms with Crippen molar-refractivity contribution in [2.45, 2.75) is 4.90 Å². The summed E-state index contributed by atoms with van der Waals surface area (Å²) in [5, 5.41) is 11.1. The Morgan fingerprint density at radius 2 is 1.82 bits per heavy atom. The highest BCUT2D eigenvalue weighted by Crippen LogP contribution is 2.34. The Morgan fingerprint density at radius 3 is 2.41 bits per heavy atom. The number of hydrogen-bond donors (Lipinski definition) is 0. The molecule has 0 aliphatic carbocycles. The van der Waals surface area contributed by atoms with E-state index in [9.17, 15) is 23.3 Å². The number of nitro benzene ring substituents is 1. The van der Waals surface area contributed by atoms with Crippen molar-refractivity contribution in [3.05, 3.63) is 58.1 Å². The number of carbonyl (C=O) groups excluding carboxylic acids is 1. The number of benzene rings is 2. The van der Waals surface area contributed by atoms with Gasteiger partial charge in [0.1, 0.15) is 5.75 Å². The summed E-state index contributed by atoms with van der Waals surface area (Å²) in [4.78, 5) is 21.1. The van der Waals surface area contributed by atoms with Crippen LogP contribution in [0.2, 0.25) is 0 Å². The lowest BCUT2D eigenvalue weighted by atomic mass is 10.2. The zero-order chi connectivity index (χ0) is 16.3. The molecule has 0 bridgehead atoms. The highest BCUT2D eigenvalue weighted by atomic mass is 32.2. The SMILES string of the molecule is CS(=O)(=O)c1ccc(Oc2ccccc2C=O)c([N+](=O)[O-])c1. The number of para-hydroxylation sites is 1. The smallest absolute Gasteiger partial charge is 0.312 e. The predicted molar refractivity (Wildman–Crippen MR) is 78.1 cm³/mol. The van der Waals surface area contributed by atoms with Gasteiger partial charge < -0.3 is 4.74 Å². The van der Waals surface area contributed by atoms with Crippen LogP contribution < -0.4 is 4.74 Å². The Morgan fingerprint density at radius 1 is 1.14 bits per heavy atom. The standard InChI is InChI=1S/C14H11NO6S/c1-22(19,20)11-6-7-14(12(8-11)15(17)18)21-13-5-3-2-4-10(13)9-16/h2-9H,1H3. The van der Waals surface area contributed by atoms with Gasteiger partial charge >= 0.3 is 5.69 Å². The van der Waals surface area contributed by atoms with Gasteiger partial charge in [0.2, 0.25) is 5.75 Å². The maximum Gasteiger partial charge on any atom is 0.312 e. The molecule has 0 radical (unpaired) electrons. The van der Waals surface area contributed by atoms with Crippen molar-refractivity contribution < 1.29 is 22.9 Å². The molecule has 7 nitrogen and oxygen atoms in total. The van der Waals surface area contributed by atoms with Crippen LogP contribution in [0.15, 0.2) is 47.4 Å². The number of nitro groups is 1. The van der Waals surface area contributed by atoms with Gasteiger partial charge in [-0.25, -0.2) is 8.42 Å². The highest BCUT2D eigenvalue weighted by Gasteiger charge is 2.21. The van der Waals surface area contributed by atoms with E-state index < -0.39 is 20.4 Å². The van der Waals surface area contributed by atoms with Crippen LogP contribution >= 0.6 is 0 Å². The van der Waals surface area contributed by atoms with Crippen molar-refractivity contribution in [3.8, 4) is 11.5 Å². The van der Waals surface area contributed by atoms with Gasteiger partial charge in [-0.05, 0) is 24.3 Å². The average Bonchev–Trinajstić information content (AvgIpc) is 2.46. The van der Waals surface area contributed by atoms with Crippen LogP contribution in [0, 0.1) is 10.1 Å². The van der Waals surface area contributed by atoms with Gasteiger partial charge in [-0.3, -0.25) is 14.9 Å². The molecule has 0 saturated heterocycles. The Kier molecular flexibility index (Phi) is 4.22. The number of carbonyl (C=O) groups is 1. The molecule has 0 N–H and O–H groups in total. The lowest BCUT2D eigenvalue weighted by Crippen LogP contribution is -2.00. The van der Waals surface area contributed by atoms with E-state index in [2.05, 4.69) is 0 Å². The van der Waals surface area contributed by atoms with Gasteiger partial charge in [-0.2, -0.15) is 0 Å². The number of rotatable bonds is 5. The van der Waals surface area contributed by atoms with Gasteiger partial charge in [0, 0.05) is 12.3 Å². The lowest BCUT2D eigenvalue weighted by molar-refractivity contribution is -0.385. The van der Waals surface area contributed by atoms with Crippen molar-refractivity contribution in [2.75, 3.05) is 6.26 Å². The molecule has 0 saturated carbocycles. The Bertz CT molecular complexity index is 844.